The van der Waals surface area contributed by atoms with Gasteiger partial charge in [0.2, 0.25) is 5.75 Å². The summed E-state index contributed by atoms with van der Waals surface area (Å²) < 4.78 is 15.7. The number of hydrazone groups is 1. The van der Waals surface area contributed by atoms with E-state index in [0.29, 0.717) is 17.2 Å². The Morgan fingerprint density at radius 3 is 2.10 bits per heavy atom. The smallest absolute Gasteiger partial charge is 0.259 e. The quantitative estimate of drug-likeness (QED) is 0.478. The summed E-state index contributed by atoms with van der Waals surface area (Å²) in [6.07, 6.45) is 1.53. The van der Waals surface area contributed by atoms with Crippen molar-refractivity contribution in [2.75, 3.05) is 46.9 Å². The van der Waals surface area contributed by atoms with Gasteiger partial charge in [0, 0.05) is 25.3 Å². The van der Waals surface area contributed by atoms with Crippen molar-refractivity contribution in [1.82, 2.24) is 10.7 Å². The molecule has 0 heterocycles. The second-order valence-corrected chi connectivity index (χ2v) is 6.38. The zero-order chi connectivity index (χ0) is 22.1. The number of anilines is 1. The molecule has 0 unspecified atom stereocenters. The van der Waals surface area contributed by atoms with Gasteiger partial charge in [0.15, 0.2) is 11.5 Å². The van der Waals surface area contributed by atoms with E-state index in [-0.39, 0.29) is 12.1 Å². The van der Waals surface area contributed by atoms with Crippen LogP contribution >= 0.6 is 0 Å². The Labute approximate surface area is 175 Å². The molecule has 2 amide bonds. The minimum atomic E-state index is -0.465. The van der Waals surface area contributed by atoms with E-state index in [1.165, 1.54) is 39.7 Å². The maximum Gasteiger partial charge on any atom is 0.259 e. The molecule has 2 rings (SSSR count). The van der Waals surface area contributed by atoms with Crippen molar-refractivity contribution in [3.05, 3.63) is 47.5 Å². The van der Waals surface area contributed by atoms with Gasteiger partial charge in [-0.05, 0) is 29.8 Å². The number of rotatable bonds is 9. The summed E-state index contributed by atoms with van der Waals surface area (Å²) in [6.45, 7) is -0.244. The predicted molar refractivity (Wildman–Crippen MR) is 115 cm³/mol. The monoisotopic (exact) mass is 414 g/mol. The van der Waals surface area contributed by atoms with Crippen LogP contribution in [0.15, 0.2) is 41.5 Å². The second-order valence-electron chi connectivity index (χ2n) is 6.38. The largest absolute Gasteiger partial charge is 0.493 e. The van der Waals surface area contributed by atoms with E-state index in [0.717, 1.165) is 11.3 Å². The molecule has 2 aromatic rings. The van der Waals surface area contributed by atoms with Crippen molar-refractivity contribution >= 4 is 23.7 Å². The van der Waals surface area contributed by atoms with E-state index >= 15 is 0 Å². The first-order valence-corrected chi connectivity index (χ1v) is 9.07. The first-order valence-electron chi connectivity index (χ1n) is 9.07. The SMILES string of the molecule is COc1cc(C(=O)NCC(=O)NN=Cc2ccc(N(C)C)cc2)cc(OC)c1OC. The molecular formula is C21H26N4O5. The highest BCUT2D eigenvalue weighted by Crippen LogP contribution is 2.38. The van der Waals surface area contributed by atoms with Crippen LogP contribution in [0.1, 0.15) is 15.9 Å². The summed E-state index contributed by atoms with van der Waals surface area (Å²) in [6, 6.07) is 10.7. The van der Waals surface area contributed by atoms with Gasteiger partial charge >= 0.3 is 0 Å². The molecule has 0 aromatic heterocycles. The van der Waals surface area contributed by atoms with Crippen LogP contribution in [0.2, 0.25) is 0 Å². The molecule has 30 heavy (non-hydrogen) atoms. The molecule has 0 radical (unpaired) electrons. The third-order valence-electron chi connectivity index (χ3n) is 4.15. The predicted octanol–water partition coefficient (Wildman–Crippen LogP) is 1.66. The van der Waals surface area contributed by atoms with E-state index in [2.05, 4.69) is 15.8 Å². The molecule has 0 aliphatic carbocycles. The lowest BCUT2D eigenvalue weighted by atomic mass is 10.1. The number of ether oxygens (including phenoxy) is 3. The van der Waals surface area contributed by atoms with Gasteiger partial charge in [-0.1, -0.05) is 12.1 Å². The van der Waals surface area contributed by atoms with E-state index in [9.17, 15) is 9.59 Å². The summed E-state index contributed by atoms with van der Waals surface area (Å²) >= 11 is 0. The van der Waals surface area contributed by atoms with Crippen LogP contribution in [0.3, 0.4) is 0 Å². The van der Waals surface area contributed by atoms with Crippen molar-refractivity contribution in [2.24, 2.45) is 5.10 Å². The lowest BCUT2D eigenvalue weighted by Crippen LogP contribution is -2.34. The molecule has 0 saturated heterocycles. The number of nitrogens with one attached hydrogen (secondary N) is 2. The fourth-order valence-electron chi connectivity index (χ4n) is 2.55. The number of hydrogen-bond acceptors (Lipinski definition) is 7. The summed E-state index contributed by atoms with van der Waals surface area (Å²) in [7, 11) is 8.30. The van der Waals surface area contributed by atoms with Crippen LogP contribution in [-0.4, -0.2) is 60.0 Å². The first-order chi connectivity index (χ1) is 14.4. The van der Waals surface area contributed by atoms with E-state index in [1.54, 1.807) is 0 Å². The topological polar surface area (TPSA) is 101 Å². The Kier molecular flexibility index (Phi) is 8.04. The number of methoxy groups -OCH3 is 3. The third kappa shape index (κ3) is 5.87. The summed E-state index contributed by atoms with van der Waals surface area (Å²) in [5.41, 5.74) is 4.54. The summed E-state index contributed by atoms with van der Waals surface area (Å²) in [4.78, 5) is 26.3. The highest BCUT2D eigenvalue weighted by atomic mass is 16.5. The van der Waals surface area contributed by atoms with Crippen molar-refractivity contribution < 1.29 is 23.8 Å². The highest BCUT2D eigenvalue weighted by molar-refractivity contribution is 5.97. The Hall–Kier alpha value is -3.75. The van der Waals surface area contributed by atoms with E-state index in [1.807, 2.05) is 43.3 Å². The average molecular weight is 414 g/mol. The number of carbonyl (C=O) groups is 2. The van der Waals surface area contributed by atoms with Crippen LogP contribution < -0.4 is 29.9 Å². The van der Waals surface area contributed by atoms with Gasteiger partial charge < -0.3 is 24.4 Å². The molecule has 0 aliphatic rings. The fraction of sp³-hybridized carbons (Fsp3) is 0.286. The maximum atomic E-state index is 12.4. The van der Waals surface area contributed by atoms with Gasteiger partial charge in [-0.2, -0.15) is 5.10 Å². The van der Waals surface area contributed by atoms with Gasteiger partial charge in [0.25, 0.3) is 11.8 Å². The highest BCUT2D eigenvalue weighted by Gasteiger charge is 2.17. The molecule has 2 N–H and O–H groups in total. The molecule has 0 fully saturated rings. The molecule has 160 valence electrons. The van der Waals surface area contributed by atoms with Crippen LogP contribution in [0, 0.1) is 0 Å². The van der Waals surface area contributed by atoms with Crippen molar-refractivity contribution in [2.45, 2.75) is 0 Å². The Bertz CT molecular complexity index is 885. The van der Waals surface area contributed by atoms with E-state index < -0.39 is 11.8 Å². The minimum absolute atomic E-state index is 0.244. The third-order valence-corrected chi connectivity index (χ3v) is 4.15. The molecular weight excluding hydrogens is 388 g/mol. The molecule has 0 bridgehead atoms. The van der Waals surface area contributed by atoms with Gasteiger partial charge in [0.1, 0.15) is 0 Å². The second kappa shape index (κ2) is 10.7. The van der Waals surface area contributed by atoms with Crippen LogP contribution in [0.4, 0.5) is 5.69 Å². The zero-order valence-electron chi connectivity index (χ0n) is 17.7. The summed E-state index contributed by atoms with van der Waals surface area (Å²) in [5, 5.41) is 6.42. The normalized spacial score (nSPS) is 10.4. The Morgan fingerprint density at radius 2 is 1.60 bits per heavy atom. The van der Waals surface area contributed by atoms with Crippen molar-refractivity contribution in [1.29, 1.82) is 0 Å². The molecule has 0 atom stereocenters. The first kappa shape index (κ1) is 22.5. The standard InChI is InChI=1S/C21H26N4O5/c1-25(2)16-8-6-14(7-9-16)12-23-24-19(26)13-22-21(27)15-10-17(28-3)20(30-5)18(11-15)29-4/h6-12H,13H2,1-5H3,(H,22,27)(H,24,26). The Morgan fingerprint density at radius 1 is 1.00 bits per heavy atom. The minimum Gasteiger partial charge on any atom is -0.493 e. The van der Waals surface area contributed by atoms with E-state index in [4.69, 9.17) is 14.2 Å². The van der Waals surface area contributed by atoms with Crippen molar-refractivity contribution in [3.8, 4) is 17.2 Å². The number of amides is 2. The van der Waals surface area contributed by atoms with Gasteiger partial charge in [-0.3, -0.25) is 9.59 Å². The molecule has 9 nitrogen and oxygen atoms in total. The van der Waals surface area contributed by atoms with Gasteiger partial charge in [0.05, 0.1) is 34.1 Å². The Balaban J connectivity index is 1.92. The van der Waals surface area contributed by atoms with Gasteiger partial charge in [-0.15, -0.1) is 0 Å². The van der Waals surface area contributed by atoms with Crippen LogP contribution in [0.25, 0.3) is 0 Å². The zero-order valence-corrected chi connectivity index (χ0v) is 17.7. The number of carbonyl (C=O) groups excluding carboxylic acids is 2. The fourth-order valence-corrected chi connectivity index (χ4v) is 2.55. The molecule has 2 aromatic carbocycles. The van der Waals surface area contributed by atoms with Crippen LogP contribution in [-0.2, 0) is 4.79 Å². The lowest BCUT2D eigenvalue weighted by Gasteiger charge is -2.14. The average Bonchev–Trinajstić information content (AvgIpc) is 2.76. The number of benzene rings is 2. The number of hydrogen-bond donors (Lipinski definition) is 2. The molecule has 9 heteroatoms. The van der Waals surface area contributed by atoms with Crippen LogP contribution in [0.5, 0.6) is 17.2 Å². The number of nitrogens with zero attached hydrogens (tertiary/aromatic N) is 2. The summed E-state index contributed by atoms with van der Waals surface area (Å²) in [5.74, 6) is 0.138. The lowest BCUT2D eigenvalue weighted by molar-refractivity contribution is -0.120. The van der Waals surface area contributed by atoms with Gasteiger partial charge in [-0.25, -0.2) is 5.43 Å². The van der Waals surface area contributed by atoms with Crippen molar-refractivity contribution in [3.63, 3.8) is 0 Å². The molecule has 0 spiro atoms. The maximum absolute atomic E-state index is 12.4. The molecule has 0 saturated carbocycles. The molecule has 0 aliphatic heterocycles.